The molecule has 2 N–H and O–H groups in total. The molecule has 0 aliphatic heterocycles. The van der Waals surface area contributed by atoms with Crippen molar-refractivity contribution >= 4 is 11.7 Å². The lowest BCUT2D eigenvalue weighted by molar-refractivity contribution is 0.249. The largest absolute Gasteiger partial charge is 0.331 e. The third-order valence-corrected chi connectivity index (χ3v) is 3.32. The highest BCUT2D eigenvalue weighted by Gasteiger charge is 2.09. The van der Waals surface area contributed by atoms with E-state index >= 15 is 0 Å². The molecule has 20 heavy (non-hydrogen) atoms. The van der Waals surface area contributed by atoms with E-state index in [1.165, 1.54) is 5.56 Å². The first kappa shape index (κ1) is 14.1. The molecule has 0 heterocycles. The number of benzene rings is 2. The van der Waals surface area contributed by atoms with Crippen molar-refractivity contribution in [1.29, 1.82) is 0 Å². The van der Waals surface area contributed by atoms with Crippen molar-refractivity contribution in [2.75, 3.05) is 5.32 Å². The van der Waals surface area contributed by atoms with Crippen molar-refractivity contribution in [3.8, 4) is 0 Å². The van der Waals surface area contributed by atoms with Crippen LogP contribution in [0.1, 0.15) is 29.7 Å². The van der Waals surface area contributed by atoms with Crippen LogP contribution in [0.15, 0.2) is 48.5 Å². The maximum atomic E-state index is 12.0. The van der Waals surface area contributed by atoms with Gasteiger partial charge >= 0.3 is 6.03 Å². The molecule has 2 rings (SSSR count). The molecule has 0 fully saturated rings. The Hall–Kier alpha value is -2.29. The summed E-state index contributed by atoms with van der Waals surface area (Å²) in [7, 11) is 0. The Morgan fingerprint density at radius 3 is 2.30 bits per heavy atom. The van der Waals surface area contributed by atoms with Crippen LogP contribution in [-0.2, 0) is 0 Å². The molecule has 0 aliphatic carbocycles. The number of hydrogen-bond acceptors (Lipinski definition) is 1. The van der Waals surface area contributed by atoms with E-state index in [9.17, 15) is 4.79 Å². The quantitative estimate of drug-likeness (QED) is 0.861. The van der Waals surface area contributed by atoms with Gasteiger partial charge in [-0.3, -0.25) is 0 Å². The summed E-state index contributed by atoms with van der Waals surface area (Å²) >= 11 is 0. The lowest BCUT2D eigenvalue weighted by Crippen LogP contribution is -2.31. The average Bonchev–Trinajstić information content (AvgIpc) is 2.42. The molecule has 0 aromatic heterocycles. The van der Waals surface area contributed by atoms with Crippen molar-refractivity contribution in [3.05, 3.63) is 65.2 Å². The molecular weight excluding hydrogens is 248 g/mol. The molecule has 0 saturated heterocycles. The topological polar surface area (TPSA) is 41.1 Å². The first-order valence-corrected chi connectivity index (χ1v) is 6.76. The number of para-hydroxylation sites is 1. The van der Waals surface area contributed by atoms with Gasteiger partial charge in [-0.25, -0.2) is 4.79 Å². The van der Waals surface area contributed by atoms with Gasteiger partial charge in [0.1, 0.15) is 0 Å². The van der Waals surface area contributed by atoms with Crippen LogP contribution in [0.5, 0.6) is 0 Å². The number of carbonyl (C=O) groups is 1. The zero-order valence-corrected chi connectivity index (χ0v) is 12.1. The summed E-state index contributed by atoms with van der Waals surface area (Å²) in [5, 5.41) is 5.81. The number of urea groups is 1. The first-order valence-electron chi connectivity index (χ1n) is 6.76. The number of rotatable bonds is 3. The fourth-order valence-electron chi connectivity index (χ4n) is 2.01. The number of aryl methyl sites for hydroxylation is 2. The summed E-state index contributed by atoms with van der Waals surface area (Å²) < 4.78 is 0. The van der Waals surface area contributed by atoms with Gasteiger partial charge in [-0.2, -0.15) is 0 Å². The van der Waals surface area contributed by atoms with Crippen LogP contribution >= 0.6 is 0 Å². The molecule has 0 radical (unpaired) electrons. The zero-order chi connectivity index (χ0) is 14.5. The SMILES string of the molecule is Cc1ccc(C(C)NC(=O)Nc2ccccc2C)cc1. The number of nitrogens with one attached hydrogen (secondary N) is 2. The van der Waals surface area contributed by atoms with E-state index in [1.54, 1.807) is 0 Å². The molecule has 2 aromatic rings. The lowest BCUT2D eigenvalue weighted by atomic mass is 10.1. The Morgan fingerprint density at radius 2 is 1.65 bits per heavy atom. The summed E-state index contributed by atoms with van der Waals surface area (Å²) in [6.45, 7) is 5.99. The average molecular weight is 268 g/mol. The molecule has 0 saturated carbocycles. The monoisotopic (exact) mass is 268 g/mol. The van der Waals surface area contributed by atoms with Gasteiger partial charge in [0, 0.05) is 5.69 Å². The number of hydrogen-bond donors (Lipinski definition) is 2. The molecule has 1 atom stereocenters. The van der Waals surface area contributed by atoms with Crippen LogP contribution in [0.2, 0.25) is 0 Å². The van der Waals surface area contributed by atoms with Gasteiger partial charge in [-0.1, -0.05) is 48.0 Å². The van der Waals surface area contributed by atoms with Crippen LogP contribution in [0.25, 0.3) is 0 Å². The molecule has 2 amide bonds. The Morgan fingerprint density at radius 1 is 1.00 bits per heavy atom. The van der Waals surface area contributed by atoms with E-state index in [0.717, 1.165) is 16.8 Å². The van der Waals surface area contributed by atoms with Crippen LogP contribution in [0, 0.1) is 13.8 Å². The van der Waals surface area contributed by atoms with E-state index in [4.69, 9.17) is 0 Å². The van der Waals surface area contributed by atoms with Crippen molar-refractivity contribution in [2.45, 2.75) is 26.8 Å². The summed E-state index contributed by atoms with van der Waals surface area (Å²) in [6, 6.07) is 15.7. The summed E-state index contributed by atoms with van der Waals surface area (Å²) in [5.41, 5.74) is 4.19. The molecule has 3 heteroatoms. The van der Waals surface area contributed by atoms with Gasteiger partial charge in [0.25, 0.3) is 0 Å². The first-order chi connectivity index (χ1) is 9.56. The molecule has 104 valence electrons. The Bertz CT molecular complexity index is 590. The van der Waals surface area contributed by atoms with Gasteiger partial charge in [-0.05, 0) is 38.0 Å². The standard InChI is InChI=1S/C17H20N2O/c1-12-8-10-15(11-9-12)14(3)18-17(20)19-16-7-5-4-6-13(16)2/h4-11,14H,1-3H3,(H2,18,19,20). The highest BCUT2D eigenvalue weighted by molar-refractivity contribution is 5.90. The Kier molecular flexibility index (Phi) is 4.41. The lowest BCUT2D eigenvalue weighted by Gasteiger charge is -2.16. The highest BCUT2D eigenvalue weighted by atomic mass is 16.2. The minimum absolute atomic E-state index is 0.0281. The van der Waals surface area contributed by atoms with Gasteiger partial charge < -0.3 is 10.6 Å². The maximum absolute atomic E-state index is 12.0. The summed E-state index contributed by atoms with van der Waals surface area (Å²) in [4.78, 5) is 12.0. The van der Waals surface area contributed by atoms with Crippen LogP contribution in [-0.4, -0.2) is 6.03 Å². The number of amides is 2. The number of carbonyl (C=O) groups excluding carboxylic acids is 1. The predicted molar refractivity (Wildman–Crippen MR) is 82.9 cm³/mol. The summed E-state index contributed by atoms with van der Waals surface area (Å²) in [6.07, 6.45) is 0. The predicted octanol–water partition coefficient (Wildman–Crippen LogP) is 4.19. The van der Waals surface area contributed by atoms with Gasteiger partial charge in [0.2, 0.25) is 0 Å². The van der Waals surface area contributed by atoms with Crippen molar-refractivity contribution in [2.24, 2.45) is 0 Å². The molecule has 2 aromatic carbocycles. The minimum atomic E-state index is -0.188. The van der Waals surface area contributed by atoms with E-state index in [1.807, 2.05) is 69.3 Å². The zero-order valence-electron chi connectivity index (χ0n) is 12.1. The van der Waals surface area contributed by atoms with E-state index in [-0.39, 0.29) is 12.1 Å². The third kappa shape index (κ3) is 3.60. The fraction of sp³-hybridized carbons (Fsp3) is 0.235. The van der Waals surface area contributed by atoms with Crippen LogP contribution < -0.4 is 10.6 Å². The highest BCUT2D eigenvalue weighted by Crippen LogP contribution is 2.15. The van der Waals surface area contributed by atoms with Crippen molar-refractivity contribution < 1.29 is 4.79 Å². The minimum Gasteiger partial charge on any atom is -0.331 e. The van der Waals surface area contributed by atoms with Gasteiger partial charge in [0.15, 0.2) is 0 Å². The van der Waals surface area contributed by atoms with Gasteiger partial charge in [-0.15, -0.1) is 0 Å². The second kappa shape index (κ2) is 6.24. The van der Waals surface area contributed by atoms with Crippen molar-refractivity contribution in [3.63, 3.8) is 0 Å². The molecule has 0 aliphatic rings. The Balaban J connectivity index is 1.98. The van der Waals surface area contributed by atoms with E-state index in [2.05, 4.69) is 10.6 Å². The molecule has 3 nitrogen and oxygen atoms in total. The second-order valence-corrected chi connectivity index (χ2v) is 5.05. The van der Waals surface area contributed by atoms with Crippen molar-refractivity contribution in [1.82, 2.24) is 5.32 Å². The van der Waals surface area contributed by atoms with Gasteiger partial charge in [0.05, 0.1) is 6.04 Å². The fourth-order valence-corrected chi connectivity index (χ4v) is 2.01. The van der Waals surface area contributed by atoms with Crippen LogP contribution in [0.3, 0.4) is 0 Å². The molecule has 0 bridgehead atoms. The van der Waals surface area contributed by atoms with Crippen LogP contribution in [0.4, 0.5) is 10.5 Å². The number of anilines is 1. The molecule has 0 spiro atoms. The Labute approximate surface area is 120 Å². The second-order valence-electron chi connectivity index (χ2n) is 5.05. The molecular formula is C17H20N2O. The van der Waals surface area contributed by atoms with E-state index < -0.39 is 0 Å². The normalized spacial score (nSPS) is 11.8. The smallest absolute Gasteiger partial charge is 0.319 e. The van der Waals surface area contributed by atoms with E-state index in [0.29, 0.717) is 0 Å². The molecule has 1 unspecified atom stereocenters. The third-order valence-electron chi connectivity index (χ3n) is 3.32. The maximum Gasteiger partial charge on any atom is 0.319 e. The summed E-state index contributed by atoms with van der Waals surface area (Å²) in [5.74, 6) is 0.